The molecule has 114 valence electrons. The number of hydrogen-bond acceptors (Lipinski definition) is 3. The molecule has 2 aliphatic heterocycles. The minimum Gasteiger partial charge on any atom is -0.339 e. The molecule has 2 aliphatic rings. The van der Waals surface area contributed by atoms with Crippen molar-refractivity contribution in [2.45, 2.75) is 58.0 Å². The third-order valence-electron chi connectivity index (χ3n) is 4.25. The number of nitrogens with zero attached hydrogens (tertiary/aromatic N) is 2. The minimum atomic E-state index is -0.284. The number of likely N-dealkylation sites (tertiary alicyclic amines) is 2. The predicted octanol–water partition coefficient (Wildman–Crippen LogP) is 0.973. The van der Waals surface area contributed by atoms with Crippen LogP contribution in [0.15, 0.2) is 0 Å². The molecule has 2 atom stereocenters. The Bertz CT molecular complexity index is 370. The maximum absolute atomic E-state index is 12.7. The van der Waals surface area contributed by atoms with Crippen molar-refractivity contribution in [2.24, 2.45) is 11.7 Å². The highest BCUT2D eigenvalue weighted by molar-refractivity contribution is 5.88. The highest BCUT2D eigenvalue weighted by atomic mass is 16.2. The number of hydrogen-bond donors (Lipinski definition) is 1. The summed E-state index contributed by atoms with van der Waals surface area (Å²) < 4.78 is 0. The van der Waals surface area contributed by atoms with E-state index in [4.69, 9.17) is 5.73 Å². The van der Waals surface area contributed by atoms with Crippen LogP contribution in [0.5, 0.6) is 0 Å². The van der Waals surface area contributed by atoms with Gasteiger partial charge in [-0.3, -0.25) is 9.59 Å². The van der Waals surface area contributed by atoms with Gasteiger partial charge in [-0.25, -0.2) is 0 Å². The van der Waals surface area contributed by atoms with Crippen LogP contribution in [-0.4, -0.2) is 53.3 Å². The summed E-state index contributed by atoms with van der Waals surface area (Å²) in [6, 6.07) is -0.191. The molecule has 2 fully saturated rings. The highest BCUT2D eigenvalue weighted by Gasteiger charge is 2.36. The van der Waals surface area contributed by atoms with Crippen molar-refractivity contribution in [3.63, 3.8) is 0 Å². The largest absolute Gasteiger partial charge is 0.339 e. The van der Waals surface area contributed by atoms with E-state index in [1.807, 2.05) is 9.80 Å². The van der Waals surface area contributed by atoms with Gasteiger partial charge in [-0.2, -0.15) is 0 Å². The van der Waals surface area contributed by atoms with E-state index in [1.54, 1.807) is 0 Å². The number of carbonyl (C=O) groups excluding carboxylic acids is 2. The average Bonchev–Trinajstić information content (AvgIpc) is 2.82. The van der Waals surface area contributed by atoms with E-state index in [0.717, 1.165) is 38.8 Å². The zero-order valence-corrected chi connectivity index (χ0v) is 12.7. The van der Waals surface area contributed by atoms with Crippen LogP contribution in [0.3, 0.4) is 0 Å². The third-order valence-corrected chi connectivity index (χ3v) is 4.25. The monoisotopic (exact) mass is 281 g/mol. The smallest absolute Gasteiger partial charge is 0.245 e. The molecular formula is C15H27N3O2. The van der Waals surface area contributed by atoms with Gasteiger partial charge in [0.1, 0.15) is 6.04 Å². The van der Waals surface area contributed by atoms with Crippen LogP contribution in [0, 0.1) is 5.92 Å². The van der Waals surface area contributed by atoms with Crippen molar-refractivity contribution in [3.05, 3.63) is 0 Å². The molecule has 0 aromatic heterocycles. The van der Waals surface area contributed by atoms with Crippen LogP contribution in [0.2, 0.25) is 0 Å². The van der Waals surface area contributed by atoms with Gasteiger partial charge in [-0.15, -0.1) is 0 Å². The lowest BCUT2D eigenvalue weighted by molar-refractivity contribution is -0.147. The minimum absolute atomic E-state index is 0.0932. The Kier molecular flexibility index (Phi) is 5.02. The molecule has 2 heterocycles. The topological polar surface area (TPSA) is 66.6 Å². The van der Waals surface area contributed by atoms with Crippen LogP contribution in [0.25, 0.3) is 0 Å². The SMILES string of the molecule is CC(C)CC(C(=O)N1CC[C@@H](N)C1)N1CCCCC1=O. The summed E-state index contributed by atoms with van der Waals surface area (Å²) in [4.78, 5) is 28.5. The first-order chi connectivity index (χ1) is 9.49. The van der Waals surface area contributed by atoms with Crippen LogP contribution >= 0.6 is 0 Å². The fraction of sp³-hybridized carbons (Fsp3) is 0.867. The summed E-state index contributed by atoms with van der Waals surface area (Å²) in [5, 5.41) is 0. The van der Waals surface area contributed by atoms with Gasteiger partial charge in [-0.05, 0) is 31.6 Å². The van der Waals surface area contributed by atoms with E-state index in [-0.39, 0.29) is 23.9 Å². The Balaban J connectivity index is 2.09. The van der Waals surface area contributed by atoms with Gasteiger partial charge >= 0.3 is 0 Å². The van der Waals surface area contributed by atoms with Gasteiger partial charge in [0.05, 0.1) is 0 Å². The summed E-state index contributed by atoms with van der Waals surface area (Å²) in [5.41, 5.74) is 5.90. The lowest BCUT2D eigenvalue weighted by Crippen LogP contribution is -2.52. The molecule has 0 radical (unpaired) electrons. The third kappa shape index (κ3) is 3.51. The van der Waals surface area contributed by atoms with Gasteiger partial charge < -0.3 is 15.5 Å². The number of carbonyl (C=O) groups is 2. The van der Waals surface area contributed by atoms with Crippen molar-refractivity contribution in [1.29, 1.82) is 0 Å². The number of nitrogens with two attached hydrogens (primary N) is 1. The summed E-state index contributed by atoms with van der Waals surface area (Å²) in [6.07, 6.45) is 4.16. The van der Waals surface area contributed by atoms with E-state index in [1.165, 1.54) is 0 Å². The van der Waals surface area contributed by atoms with E-state index in [9.17, 15) is 9.59 Å². The van der Waals surface area contributed by atoms with Gasteiger partial charge in [0.15, 0.2) is 0 Å². The van der Waals surface area contributed by atoms with Gasteiger partial charge in [-0.1, -0.05) is 13.8 Å². The molecule has 0 saturated carbocycles. The lowest BCUT2D eigenvalue weighted by atomic mass is 9.98. The molecule has 0 aromatic carbocycles. The van der Waals surface area contributed by atoms with E-state index < -0.39 is 0 Å². The van der Waals surface area contributed by atoms with Crippen LogP contribution in [0.1, 0.15) is 46.0 Å². The van der Waals surface area contributed by atoms with Crippen molar-refractivity contribution in [3.8, 4) is 0 Å². The summed E-state index contributed by atoms with van der Waals surface area (Å²) in [6.45, 7) is 6.29. The predicted molar refractivity (Wildman–Crippen MR) is 78.0 cm³/mol. The zero-order valence-electron chi connectivity index (χ0n) is 12.7. The van der Waals surface area contributed by atoms with Crippen molar-refractivity contribution in [2.75, 3.05) is 19.6 Å². The molecule has 0 aromatic rings. The van der Waals surface area contributed by atoms with E-state index >= 15 is 0 Å². The van der Waals surface area contributed by atoms with E-state index in [0.29, 0.717) is 18.9 Å². The van der Waals surface area contributed by atoms with E-state index in [2.05, 4.69) is 13.8 Å². The highest BCUT2D eigenvalue weighted by Crippen LogP contribution is 2.22. The second-order valence-corrected chi connectivity index (χ2v) is 6.52. The number of piperidine rings is 1. The van der Waals surface area contributed by atoms with Crippen LogP contribution < -0.4 is 5.73 Å². The molecule has 2 saturated heterocycles. The van der Waals surface area contributed by atoms with Crippen LogP contribution in [0.4, 0.5) is 0 Å². The average molecular weight is 281 g/mol. The Morgan fingerprint density at radius 3 is 2.65 bits per heavy atom. The first-order valence-electron chi connectivity index (χ1n) is 7.83. The second-order valence-electron chi connectivity index (χ2n) is 6.52. The molecule has 5 heteroatoms. The fourth-order valence-corrected chi connectivity index (χ4v) is 3.16. The molecule has 5 nitrogen and oxygen atoms in total. The molecule has 2 rings (SSSR count). The summed E-state index contributed by atoms with van der Waals surface area (Å²) >= 11 is 0. The Labute approximate surface area is 121 Å². The fourth-order valence-electron chi connectivity index (χ4n) is 3.16. The standard InChI is InChI=1S/C15H27N3O2/c1-11(2)9-13(18-7-4-3-5-14(18)19)15(20)17-8-6-12(16)10-17/h11-13H,3-10,16H2,1-2H3/t12-,13?/m1/s1. The number of amides is 2. The second kappa shape index (κ2) is 6.57. The molecule has 2 N–H and O–H groups in total. The molecular weight excluding hydrogens is 254 g/mol. The Hall–Kier alpha value is -1.10. The van der Waals surface area contributed by atoms with Gasteiger partial charge in [0, 0.05) is 32.1 Å². The molecule has 0 spiro atoms. The van der Waals surface area contributed by atoms with Crippen molar-refractivity contribution >= 4 is 11.8 Å². The molecule has 2 amide bonds. The molecule has 1 unspecified atom stereocenters. The van der Waals surface area contributed by atoms with Crippen molar-refractivity contribution in [1.82, 2.24) is 9.80 Å². The normalized spacial score (nSPS) is 25.4. The zero-order chi connectivity index (χ0) is 14.7. The quantitative estimate of drug-likeness (QED) is 0.835. The molecule has 0 bridgehead atoms. The molecule has 20 heavy (non-hydrogen) atoms. The Morgan fingerprint density at radius 1 is 1.35 bits per heavy atom. The van der Waals surface area contributed by atoms with Crippen molar-refractivity contribution < 1.29 is 9.59 Å². The van der Waals surface area contributed by atoms with Gasteiger partial charge in [0.25, 0.3) is 0 Å². The maximum Gasteiger partial charge on any atom is 0.245 e. The first-order valence-corrected chi connectivity index (χ1v) is 7.83. The molecule has 0 aliphatic carbocycles. The summed E-state index contributed by atoms with van der Waals surface area (Å²) in [7, 11) is 0. The maximum atomic E-state index is 12.7. The Morgan fingerprint density at radius 2 is 2.10 bits per heavy atom. The number of rotatable bonds is 4. The lowest BCUT2D eigenvalue weighted by Gasteiger charge is -2.36. The first kappa shape index (κ1) is 15.3. The van der Waals surface area contributed by atoms with Crippen LogP contribution in [-0.2, 0) is 9.59 Å². The summed E-state index contributed by atoms with van der Waals surface area (Å²) in [5.74, 6) is 0.635. The van der Waals surface area contributed by atoms with Gasteiger partial charge in [0.2, 0.25) is 11.8 Å².